The molecule has 2 aromatic rings. The molecule has 1 aliphatic carbocycles. The van der Waals surface area contributed by atoms with Crippen LogP contribution in [0, 0.1) is 6.92 Å². The molecule has 0 fully saturated rings. The van der Waals surface area contributed by atoms with E-state index in [4.69, 9.17) is 0 Å². The van der Waals surface area contributed by atoms with E-state index in [-0.39, 0.29) is 0 Å². The molecule has 0 heterocycles. The van der Waals surface area contributed by atoms with Gasteiger partial charge in [-0.25, -0.2) is 0 Å². The van der Waals surface area contributed by atoms with E-state index < -0.39 is 0 Å². The Morgan fingerprint density at radius 1 is 0.875 bits per heavy atom. The fourth-order valence-corrected chi connectivity index (χ4v) is 2.40. The maximum absolute atomic E-state index is 2.25. The molecule has 0 spiro atoms. The Morgan fingerprint density at radius 2 is 1.69 bits per heavy atom. The van der Waals surface area contributed by atoms with Crippen LogP contribution in [-0.2, 0) is 6.42 Å². The van der Waals surface area contributed by atoms with Crippen molar-refractivity contribution in [2.45, 2.75) is 13.3 Å². The van der Waals surface area contributed by atoms with E-state index in [0.717, 1.165) is 6.42 Å². The molecule has 16 heavy (non-hydrogen) atoms. The zero-order chi connectivity index (χ0) is 11.0. The molecule has 0 nitrogen and oxygen atoms in total. The summed E-state index contributed by atoms with van der Waals surface area (Å²) in [5.74, 6) is 0. The van der Waals surface area contributed by atoms with Gasteiger partial charge in [0.1, 0.15) is 0 Å². The fourth-order valence-electron chi connectivity index (χ4n) is 2.40. The summed E-state index contributed by atoms with van der Waals surface area (Å²) >= 11 is 0. The lowest BCUT2D eigenvalue weighted by molar-refractivity contribution is 1.31. The molecule has 2 aromatic carbocycles. The Bertz CT molecular complexity index is 562. The standard InChI is InChI=1S/C16H14/c1-12-6-2-3-9-14(12)16-11-5-8-13-7-4-10-15(13)16/h2-6,8-11H,7H2,1H3. The molecule has 0 aromatic heterocycles. The third-order valence-electron chi connectivity index (χ3n) is 3.25. The van der Waals surface area contributed by atoms with Crippen molar-refractivity contribution in [3.05, 3.63) is 65.2 Å². The van der Waals surface area contributed by atoms with E-state index >= 15 is 0 Å². The Hall–Kier alpha value is -1.82. The highest BCUT2D eigenvalue weighted by atomic mass is 14.2. The van der Waals surface area contributed by atoms with Crippen molar-refractivity contribution in [2.75, 3.05) is 0 Å². The first-order valence-electron chi connectivity index (χ1n) is 5.71. The van der Waals surface area contributed by atoms with Crippen LogP contribution < -0.4 is 0 Å². The topological polar surface area (TPSA) is 0 Å². The number of aryl methyl sites for hydroxylation is 1. The maximum atomic E-state index is 2.25. The summed E-state index contributed by atoms with van der Waals surface area (Å²) in [5.41, 5.74) is 6.91. The molecule has 0 amide bonds. The minimum Gasteiger partial charge on any atom is -0.0795 e. The van der Waals surface area contributed by atoms with Gasteiger partial charge in [0.15, 0.2) is 0 Å². The Morgan fingerprint density at radius 3 is 2.56 bits per heavy atom. The van der Waals surface area contributed by atoms with Gasteiger partial charge < -0.3 is 0 Å². The number of allylic oxidation sites excluding steroid dienone is 1. The van der Waals surface area contributed by atoms with Crippen LogP contribution in [0.25, 0.3) is 17.2 Å². The van der Waals surface area contributed by atoms with E-state index in [1.165, 1.54) is 27.8 Å². The molecule has 0 heteroatoms. The predicted molar refractivity (Wildman–Crippen MR) is 69.4 cm³/mol. The van der Waals surface area contributed by atoms with Crippen molar-refractivity contribution in [1.82, 2.24) is 0 Å². The summed E-state index contributed by atoms with van der Waals surface area (Å²) in [6, 6.07) is 15.2. The van der Waals surface area contributed by atoms with Crippen LogP contribution in [0.2, 0.25) is 0 Å². The molecule has 0 atom stereocenters. The minimum absolute atomic E-state index is 1.08. The monoisotopic (exact) mass is 206 g/mol. The second kappa shape index (κ2) is 3.64. The minimum atomic E-state index is 1.08. The highest BCUT2D eigenvalue weighted by Gasteiger charge is 2.11. The van der Waals surface area contributed by atoms with E-state index in [1.54, 1.807) is 0 Å². The van der Waals surface area contributed by atoms with Gasteiger partial charge >= 0.3 is 0 Å². The van der Waals surface area contributed by atoms with Crippen LogP contribution in [-0.4, -0.2) is 0 Å². The van der Waals surface area contributed by atoms with Crippen molar-refractivity contribution in [1.29, 1.82) is 0 Å². The van der Waals surface area contributed by atoms with Gasteiger partial charge in [0.2, 0.25) is 0 Å². The summed E-state index contributed by atoms with van der Waals surface area (Å²) < 4.78 is 0. The van der Waals surface area contributed by atoms with Crippen molar-refractivity contribution in [3.63, 3.8) is 0 Å². The van der Waals surface area contributed by atoms with Gasteiger partial charge in [0.25, 0.3) is 0 Å². The van der Waals surface area contributed by atoms with Crippen molar-refractivity contribution < 1.29 is 0 Å². The zero-order valence-corrected chi connectivity index (χ0v) is 9.40. The number of rotatable bonds is 1. The lowest BCUT2D eigenvalue weighted by atomic mass is 9.94. The molecule has 3 rings (SSSR count). The first-order valence-corrected chi connectivity index (χ1v) is 5.71. The van der Waals surface area contributed by atoms with Gasteiger partial charge in [-0.05, 0) is 41.2 Å². The summed E-state index contributed by atoms with van der Waals surface area (Å²) in [7, 11) is 0. The summed E-state index contributed by atoms with van der Waals surface area (Å²) in [5, 5.41) is 0. The van der Waals surface area contributed by atoms with Crippen molar-refractivity contribution in [2.24, 2.45) is 0 Å². The van der Waals surface area contributed by atoms with Crippen molar-refractivity contribution in [3.8, 4) is 11.1 Å². The molecule has 0 saturated heterocycles. The fraction of sp³-hybridized carbons (Fsp3) is 0.125. The van der Waals surface area contributed by atoms with Crippen LogP contribution >= 0.6 is 0 Å². The van der Waals surface area contributed by atoms with Crippen LogP contribution in [0.1, 0.15) is 16.7 Å². The molecule has 0 bridgehead atoms. The van der Waals surface area contributed by atoms with E-state index in [2.05, 4.69) is 61.5 Å². The first-order chi connectivity index (χ1) is 7.86. The first kappa shape index (κ1) is 9.41. The van der Waals surface area contributed by atoms with Crippen LogP contribution in [0.15, 0.2) is 48.5 Å². The van der Waals surface area contributed by atoms with Gasteiger partial charge in [-0.3, -0.25) is 0 Å². The van der Waals surface area contributed by atoms with Crippen LogP contribution in [0.4, 0.5) is 0 Å². The Kier molecular flexibility index (Phi) is 2.14. The van der Waals surface area contributed by atoms with E-state index in [9.17, 15) is 0 Å². The molecule has 0 N–H and O–H groups in total. The van der Waals surface area contributed by atoms with E-state index in [1.807, 2.05) is 0 Å². The molecule has 0 unspecified atom stereocenters. The lowest BCUT2D eigenvalue weighted by Gasteiger charge is -2.10. The third-order valence-corrected chi connectivity index (χ3v) is 3.25. The lowest BCUT2D eigenvalue weighted by Crippen LogP contribution is -1.88. The number of hydrogen-bond acceptors (Lipinski definition) is 0. The molecular weight excluding hydrogens is 192 g/mol. The molecule has 0 saturated carbocycles. The highest BCUT2D eigenvalue weighted by Crippen LogP contribution is 2.32. The Balaban J connectivity index is 2.25. The second-order valence-electron chi connectivity index (χ2n) is 4.30. The average molecular weight is 206 g/mol. The second-order valence-corrected chi connectivity index (χ2v) is 4.30. The molecular formula is C16H14. The van der Waals surface area contributed by atoms with Crippen LogP contribution in [0.5, 0.6) is 0 Å². The molecule has 0 radical (unpaired) electrons. The SMILES string of the molecule is Cc1ccccc1-c1cccc2c1C=CC2. The normalized spacial score (nSPS) is 12.8. The third kappa shape index (κ3) is 1.38. The maximum Gasteiger partial charge on any atom is -0.00879 e. The van der Waals surface area contributed by atoms with Crippen molar-refractivity contribution >= 4 is 6.08 Å². The zero-order valence-electron chi connectivity index (χ0n) is 9.40. The predicted octanol–water partition coefficient (Wildman–Crippen LogP) is 4.23. The van der Waals surface area contributed by atoms with Gasteiger partial charge in [-0.1, -0.05) is 54.6 Å². The summed E-state index contributed by atoms with van der Waals surface area (Å²) in [6.45, 7) is 2.17. The van der Waals surface area contributed by atoms with Gasteiger partial charge in [0.05, 0.1) is 0 Å². The number of hydrogen-bond donors (Lipinski definition) is 0. The molecule has 1 aliphatic rings. The largest absolute Gasteiger partial charge is 0.0795 e. The quantitative estimate of drug-likeness (QED) is 0.655. The molecule has 0 aliphatic heterocycles. The summed E-state index contributed by atoms with van der Waals surface area (Å²) in [6.07, 6.45) is 5.57. The Labute approximate surface area is 96.3 Å². The summed E-state index contributed by atoms with van der Waals surface area (Å²) in [4.78, 5) is 0. The molecule has 78 valence electrons. The van der Waals surface area contributed by atoms with E-state index in [0.29, 0.717) is 0 Å². The smallest absolute Gasteiger partial charge is 0.00879 e. The van der Waals surface area contributed by atoms with Crippen LogP contribution in [0.3, 0.4) is 0 Å². The van der Waals surface area contributed by atoms with Gasteiger partial charge in [0, 0.05) is 0 Å². The average Bonchev–Trinajstić information content (AvgIpc) is 2.77. The van der Waals surface area contributed by atoms with Gasteiger partial charge in [-0.2, -0.15) is 0 Å². The number of benzene rings is 2. The highest BCUT2D eigenvalue weighted by molar-refractivity contribution is 5.80. The van der Waals surface area contributed by atoms with Gasteiger partial charge in [-0.15, -0.1) is 0 Å². The number of fused-ring (bicyclic) bond motifs is 1.